The summed E-state index contributed by atoms with van der Waals surface area (Å²) in [7, 11) is -3.32. The number of aryl methyl sites for hydroxylation is 3. The molecule has 1 aliphatic heterocycles. The number of carbonyl (C=O) groups excluding carboxylic acids is 1. The van der Waals surface area contributed by atoms with Crippen molar-refractivity contribution in [2.45, 2.75) is 38.2 Å². The zero-order valence-electron chi connectivity index (χ0n) is 15.8. The Hall–Kier alpha value is -2.60. The molecule has 0 aliphatic carbocycles. The highest BCUT2D eigenvalue weighted by molar-refractivity contribution is 7.90. The third-order valence-corrected chi connectivity index (χ3v) is 5.75. The summed E-state index contributed by atoms with van der Waals surface area (Å²) in [6.45, 7) is 5.64. The second-order valence-corrected chi connectivity index (χ2v) is 8.70. The zero-order chi connectivity index (χ0) is 19.8. The molecule has 1 atom stereocenters. The Morgan fingerprint density at radius 3 is 2.37 bits per heavy atom. The molecule has 0 bridgehead atoms. The van der Waals surface area contributed by atoms with Gasteiger partial charge >= 0.3 is 5.97 Å². The lowest BCUT2D eigenvalue weighted by Crippen LogP contribution is -2.09. The molecule has 1 unspecified atom stereocenters. The van der Waals surface area contributed by atoms with Crippen molar-refractivity contribution in [3.63, 3.8) is 0 Å². The maximum atomic E-state index is 12.2. The van der Waals surface area contributed by atoms with Gasteiger partial charge in [-0.2, -0.15) is 0 Å². The number of sulfone groups is 1. The van der Waals surface area contributed by atoms with Gasteiger partial charge in [0, 0.05) is 17.9 Å². The van der Waals surface area contributed by atoms with Crippen LogP contribution in [-0.4, -0.2) is 20.6 Å². The summed E-state index contributed by atoms with van der Waals surface area (Å²) in [5, 5.41) is 0. The summed E-state index contributed by atoms with van der Waals surface area (Å²) in [6.07, 6.45) is 2.85. The van der Waals surface area contributed by atoms with Gasteiger partial charge in [0.1, 0.15) is 11.9 Å². The Morgan fingerprint density at radius 1 is 1.11 bits per heavy atom. The zero-order valence-corrected chi connectivity index (χ0v) is 16.6. The minimum absolute atomic E-state index is 0.135. The number of rotatable bonds is 5. The van der Waals surface area contributed by atoms with Gasteiger partial charge in [-0.25, -0.2) is 13.2 Å². The topological polar surface area (TPSA) is 69.7 Å². The fourth-order valence-electron chi connectivity index (χ4n) is 3.10. The first-order valence-electron chi connectivity index (χ1n) is 8.70. The first-order valence-corrected chi connectivity index (χ1v) is 10.6. The smallest absolute Gasteiger partial charge is 0.375 e. The minimum atomic E-state index is -3.32. The molecule has 2 aromatic carbocycles. The molecule has 2 aromatic rings. The number of carbonyl (C=O) groups is 1. The van der Waals surface area contributed by atoms with Gasteiger partial charge in [0.15, 0.2) is 9.84 Å². The SMILES string of the molecule is CCc1cc(S(C)(=O)=O)c(C)cc1C1C=C(Oc2ccc(C)cc2)C(=O)O1. The van der Waals surface area contributed by atoms with Crippen LogP contribution < -0.4 is 4.74 Å². The van der Waals surface area contributed by atoms with E-state index in [1.165, 1.54) is 6.26 Å². The van der Waals surface area contributed by atoms with Crippen LogP contribution in [0.25, 0.3) is 0 Å². The molecule has 142 valence electrons. The molecule has 5 nitrogen and oxygen atoms in total. The van der Waals surface area contributed by atoms with Crippen LogP contribution in [0.15, 0.2) is 53.1 Å². The minimum Gasteiger partial charge on any atom is -0.450 e. The lowest BCUT2D eigenvalue weighted by atomic mass is 9.98. The predicted molar refractivity (Wildman–Crippen MR) is 102 cm³/mol. The lowest BCUT2D eigenvalue weighted by Gasteiger charge is -2.16. The van der Waals surface area contributed by atoms with Crippen molar-refractivity contribution in [3.05, 3.63) is 70.5 Å². The number of ether oxygens (including phenoxy) is 2. The molecule has 0 spiro atoms. The molecule has 0 fully saturated rings. The maximum absolute atomic E-state index is 12.2. The van der Waals surface area contributed by atoms with Gasteiger partial charge in [0.05, 0.1) is 4.90 Å². The Balaban J connectivity index is 1.94. The second kappa shape index (κ2) is 7.19. The van der Waals surface area contributed by atoms with Gasteiger partial charge < -0.3 is 9.47 Å². The summed E-state index contributed by atoms with van der Waals surface area (Å²) in [5.41, 5.74) is 3.32. The molecule has 1 aliphatic rings. The fourth-order valence-corrected chi connectivity index (χ4v) is 4.10. The van der Waals surface area contributed by atoms with Gasteiger partial charge in [-0.15, -0.1) is 0 Å². The number of hydrogen-bond acceptors (Lipinski definition) is 5. The van der Waals surface area contributed by atoms with E-state index in [9.17, 15) is 13.2 Å². The molecule has 0 aromatic heterocycles. The van der Waals surface area contributed by atoms with E-state index in [4.69, 9.17) is 9.47 Å². The van der Waals surface area contributed by atoms with Gasteiger partial charge in [-0.3, -0.25) is 0 Å². The fraction of sp³-hybridized carbons (Fsp3) is 0.286. The van der Waals surface area contributed by atoms with Crippen LogP contribution >= 0.6 is 0 Å². The molecular weight excluding hydrogens is 364 g/mol. The summed E-state index contributed by atoms with van der Waals surface area (Å²) < 4.78 is 35.1. The molecule has 3 rings (SSSR count). The van der Waals surface area contributed by atoms with Gasteiger partial charge in [0.25, 0.3) is 0 Å². The van der Waals surface area contributed by atoms with Crippen molar-refractivity contribution >= 4 is 15.8 Å². The Labute approximate surface area is 159 Å². The maximum Gasteiger partial charge on any atom is 0.375 e. The van der Waals surface area contributed by atoms with E-state index < -0.39 is 21.9 Å². The highest BCUT2D eigenvalue weighted by Crippen LogP contribution is 2.34. The van der Waals surface area contributed by atoms with Crippen LogP contribution in [0.4, 0.5) is 0 Å². The van der Waals surface area contributed by atoms with Crippen LogP contribution in [-0.2, 0) is 25.8 Å². The monoisotopic (exact) mass is 386 g/mol. The lowest BCUT2D eigenvalue weighted by molar-refractivity contribution is -0.141. The first-order chi connectivity index (χ1) is 12.7. The number of benzene rings is 2. The molecule has 27 heavy (non-hydrogen) atoms. The first kappa shape index (κ1) is 19.2. The van der Waals surface area contributed by atoms with Crippen LogP contribution in [0.3, 0.4) is 0 Å². The van der Waals surface area contributed by atoms with Gasteiger partial charge in [-0.1, -0.05) is 30.7 Å². The molecule has 1 heterocycles. The molecular formula is C21H22O5S. The second-order valence-electron chi connectivity index (χ2n) is 6.71. The van der Waals surface area contributed by atoms with E-state index in [1.807, 2.05) is 26.0 Å². The van der Waals surface area contributed by atoms with E-state index in [-0.39, 0.29) is 5.76 Å². The van der Waals surface area contributed by atoms with Crippen LogP contribution in [0, 0.1) is 13.8 Å². The Kier molecular flexibility index (Phi) is 5.11. The standard InChI is InChI=1S/C21H22O5S/c1-5-15-11-20(27(4,23)24)14(3)10-17(15)18-12-19(21(22)26-18)25-16-8-6-13(2)7-9-16/h6-12,18H,5H2,1-4H3. The van der Waals surface area contributed by atoms with E-state index in [2.05, 4.69) is 0 Å². The van der Waals surface area contributed by atoms with Gasteiger partial charge in [-0.05, 0) is 49.6 Å². The largest absolute Gasteiger partial charge is 0.450 e. The molecule has 0 radical (unpaired) electrons. The Morgan fingerprint density at radius 2 is 1.78 bits per heavy atom. The summed E-state index contributed by atoms with van der Waals surface area (Å²) in [5.74, 6) is 0.159. The third-order valence-electron chi connectivity index (χ3n) is 4.51. The summed E-state index contributed by atoms with van der Waals surface area (Å²) >= 11 is 0. The van der Waals surface area contributed by atoms with E-state index in [0.717, 1.165) is 16.7 Å². The van der Waals surface area contributed by atoms with E-state index in [1.54, 1.807) is 37.3 Å². The highest BCUT2D eigenvalue weighted by Gasteiger charge is 2.31. The predicted octanol–water partition coefficient (Wildman–Crippen LogP) is 3.83. The Bertz CT molecular complexity index is 1020. The number of cyclic esters (lactones) is 1. The number of hydrogen-bond donors (Lipinski definition) is 0. The van der Waals surface area contributed by atoms with Crippen molar-refractivity contribution in [3.8, 4) is 5.75 Å². The summed E-state index contributed by atoms with van der Waals surface area (Å²) in [6, 6.07) is 10.8. The molecule has 0 amide bonds. The third kappa shape index (κ3) is 4.06. The normalized spacial score (nSPS) is 16.8. The molecule has 0 saturated carbocycles. The van der Waals surface area contributed by atoms with Crippen molar-refractivity contribution in [2.75, 3.05) is 6.26 Å². The van der Waals surface area contributed by atoms with Crippen LogP contribution in [0.5, 0.6) is 5.75 Å². The van der Waals surface area contributed by atoms with Crippen molar-refractivity contribution in [2.24, 2.45) is 0 Å². The molecule has 0 saturated heterocycles. The number of esters is 1. The highest BCUT2D eigenvalue weighted by atomic mass is 32.2. The molecule has 6 heteroatoms. The average Bonchev–Trinajstić information content (AvgIpc) is 2.96. The summed E-state index contributed by atoms with van der Waals surface area (Å²) in [4.78, 5) is 12.5. The van der Waals surface area contributed by atoms with Crippen molar-refractivity contribution < 1.29 is 22.7 Å². The molecule has 0 N–H and O–H groups in total. The van der Waals surface area contributed by atoms with Crippen molar-refractivity contribution in [1.82, 2.24) is 0 Å². The quantitative estimate of drug-likeness (QED) is 0.731. The van der Waals surface area contributed by atoms with Crippen LogP contribution in [0.1, 0.15) is 35.3 Å². The van der Waals surface area contributed by atoms with E-state index >= 15 is 0 Å². The van der Waals surface area contributed by atoms with Crippen molar-refractivity contribution in [1.29, 1.82) is 0 Å². The van der Waals surface area contributed by atoms with E-state index in [0.29, 0.717) is 22.6 Å². The van der Waals surface area contributed by atoms with Gasteiger partial charge in [0.2, 0.25) is 5.76 Å². The average molecular weight is 386 g/mol. The van der Waals surface area contributed by atoms with Crippen LogP contribution in [0.2, 0.25) is 0 Å².